The SMILES string of the molecule is C=CCNC(=O)c1cc(C)nc(N2CCN(c3ccccn3)CC2)n1. The highest BCUT2D eigenvalue weighted by Crippen LogP contribution is 2.17. The Balaban J connectivity index is 1.69. The van der Waals surface area contributed by atoms with Crippen molar-refractivity contribution in [2.45, 2.75) is 6.92 Å². The van der Waals surface area contributed by atoms with Crippen molar-refractivity contribution in [2.75, 3.05) is 42.5 Å². The van der Waals surface area contributed by atoms with Crippen molar-refractivity contribution in [2.24, 2.45) is 0 Å². The van der Waals surface area contributed by atoms with Crippen molar-refractivity contribution in [3.05, 3.63) is 54.5 Å². The minimum absolute atomic E-state index is 0.209. The lowest BCUT2D eigenvalue weighted by atomic mass is 10.3. The molecule has 0 aromatic carbocycles. The normalized spacial score (nSPS) is 14.3. The third-order valence-electron chi connectivity index (χ3n) is 4.02. The van der Waals surface area contributed by atoms with E-state index >= 15 is 0 Å². The highest BCUT2D eigenvalue weighted by atomic mass is 16.1. The monoisotopic (exact) mass is 338 g/mol. The second kappa shape index (κ2) is 7.74. The molecule has 3 rings (SSSR count). The summed E-state index contributed by atoms with van der Waals surface area (Å²) < 4.78 is 0. The molecule has 1 N–H and O–H groups in total. The number of aryl methyl sites for hydroxylation is 1. The smallest absolute Gasteiger partial charge is 0.270 e. The maximum Gasteiger partial charge on any atom is 0.270 e. The number of hydrogen-bond acceptors (Lipinski definition) is 6. The van der Waals surface area contributed by atoms with Gasteiger partial charge >= 0.3 is 0 Å². The van der Waals surface area contributed by atoms with E-state index in [2.05, 4.69) is 36.6 Å². The molecule has 0 atom stereocenters. The second-order valence-corrected chi connectivity index (χ2v) is 5.86. The van der Waals surface area contributed by atoms with Gasteiger partial charge in [0.25, 0.3) is 5.91 Å². The highest BCUT2D eigenvalue weighted by Gasteiger charge is 2.21. The number of carbonyl (C=O) groups is 1. The molecule has 2 aromatic rings. The maximum atomic E-state index is 12.1. The Kier molecular flexibility index (Phi) is 5.23. The Morgan fingerprint density at radius 1 is 1.24 bits per heavy atom. The van der Waals surface area contributed by atoms with Gasteiger partial charge in [-0.15, -0.1) is 6.58 Å². The largest absolute Gasteiger partial charge is 0.353 e. The molecule has 7 heteroatoms. The molecule has 0 aliphatic carbocycles. The third-order valence-corrected chi connectivity index (χ3v) is 4.02. The van der Waals surface area contributed by atoms with Gasteiger partial charge in [-0.25, -0.2) is 15.0 Å². The van der Waals surface area contributed by atoms with E-state index in [1.807, 2.05) is 25.1 Å². The molecule has 0 spiro atoms. The quantitative estimate of drug-likeness (QED) is 0.831. The topological polar surface area (TPSA) is 74.2 Å². The Hall–Kier alpha value is -2.96. The molecule has 2 aromatic heterocycles. The molecule has 0 unspecified atom stereocenters. The van der Waals surface area contributed by atoms with Crippen molar-refractivity contribution in [1.82, 2.24) is 20.3 Å². The van der Waals surface area contributed by atoms with Crippen molar-refractivity contribution < 1.29 is 4.79 Å². The van der Waals surface area contributed by atoms with E-state index < -0.39 is 0 Å². The van der Waals surface area contributed by atoms with E-state index in [4.69, 9.17) is 0 Å². The van der Waals surface area contributed by atoms with E-state index in [1.165, 1.54) is 0 Å². The van der Waals surface area contributed by atoms with Gasteiger partial charge in [0.15, 0.2) is 0 Å². The molecule has 1 fully saturated rings. The average molecular weight is 338 g/mol. The molecule has 1 saturated heterocycles. The van der Waals surface area contributed by atoms with E-state index in [0.717, 1.165) is 37.7 Å². The predicted octanol–water partition coefficient (Wildman–Crippen LogP) is 1.42. The molecule has 7 nitrogen and oxygen atoms in total. The summed E-state index contributed by atoms with van der Waals surface area (Å²) in [6, 6.07) is 7.62. The van der Waals surface area contributed by atoms with Crippen LogP contribution < -0.4 is 15.1 Å². The third kappa shape index (κ3) is 4.12. The molecular formula is C18H22N6O. The molecule has 1 amide bonds. The Morgan fingerprint density at radius 3 is 2.68 bits per heavy atom. The summed E-state index contributed by atoms with van der Waals surface area (Å²) in [6.07, 6.45) is 3.45. The van der Waals surface area contributed by atoms with Crippen molar-refractivity contribution >= 4 is 17.7 Å². The molecule has 0 bridgehead atoms. The minimum Gasteiger partial charge on any atom is -0.353 e. The first-order valence-electron chi connectivity index (χ1n) is 8.33. The summed E-state index contributed by atoms with van der Waals surface area (Å²) in [7, 11) is 0. The summed E-state index contributed by atoms with van der Waals surface area (Å²) in [6.45, 7) is 9.14. The number of pyridine rings is 1. The molecule has 0 saturated carbocycles. The lowest BCUT2D eigenvalue weighted by Gasteiger charge is -2.35. The Morgan fingerprint density at radius 2 is 2.00 bits per heavy atom. The van der Waals surface area contributed by atoms with Crippen LogP contribution in [-0.2, 0) is 0 Å². The molecule has 25 heavy (non-hydrogen) atoms. The minimum atomic E-state index is -0.209. The van der Waals surface area contributed by atoms with Gasteiger partial charge in [0, 0.05) is 44.6 Å². The van der Waals surface area contributed by atoms with Gasteiger partial charge in [-0.2, -0.15) is 0 Å². The van der Waals surface area contributed by atoms with Crippen LogP contribution >= 0.6 is 0 Å². The summed E-state index contributed by atoms with van der Waals surface area (Å²) >= 11 is 0. The molecule has 130 valence electrons. The molecule has 1 aliphatic heterocycles. The number of carbonyl (C=O) groups excluding carboxylic acids is 1. The summed E-state index contributed by atoms with van der Waals surface area (Å²) in [4.78, 5) is 29.8. The van der Waals surface area contributed by atoms with Gasteiger partial charge in [-0.05, 0) is 25.1 Å². The lowest BCUT2D eigenvalue weighted by Crippen LogP contribution is -2.47. The first kappa shape index (κ1) is 16.9. The summed E-state index contributed by atoms with van der Waals surface area (Å²) in [5.41, 5.74) is 1.16. The number of amides is 1. The highest BCUT2D eigenvalue weighted by molar-refractivity contribution is 5.92. The number of rotatable bonds is 5. The van der Waals surface area contributed by atoms with Gasteiger partial charge in [-0.3, -0.25) is 4.79 Å². The Labute approximate surface area is 147 Å². The number of nitrogens with one attached hydrogen (secondary N) is 1. The fraction of sp³-hybridized carbons (Fsp3) is 0.333. The zero-order valence-electron chi connectivity index (χ0n) is 14.4. The van der Waals surface area contributed by atoms with Crippen LogP contribution in [0.4, 0.5) is 11.8 Å². The first-order valence-corrected chi connectivity index (χ1v) is 8.33. The van der Waals surface area contributed by atoms with Crippen molar-refractivity contribution in [1.29, 1.82) is 0 Å². The van der Waals surface area contributed by atoms with E-state index in [0.29, 0.717) is 18.2 Å². The summed E-state index contributed by atoms with van der Waals surface area (Å²) in [5, 5.41) is 2.75. The zero-order valence-corrected chi connectivity index (χ0v) is 14.4. The van der Waals surface area contributed by atoms with Gasteiger partial charge in [0.1, 0.15) is 11.5 Å². The number of anilines is 2. The van der Waals surface area contributed by atoms with Crippen molar-refractivity contribution in [3.8, 4) is 0 Å². The van der Waals surface area contributed by atoms with Gasteiger partial charge in [0.05, 0.1) is 0 Å². The maximum absolute atomic E-state index is 12.1. The van der Waals surface area contributed by atoms with Crippen LogP contribution in [0.5, 0.6) is 0 Å². The van der Waals surface area contributed by atoms with Crippen LogP contribution in [0.1, 0.15) is 16.2 Å². The molecule has 3 heterocycles. The van der Waals surface area contributed by atoms with Crippen molar-refractivity contribution in [3.63, 3.8) is 0 Å². The lowest BCUT2D eigenvalue weighted by molar-refractivity contribution is 0.0953. The fourth-order valence-electron chi connectivity index (χ4n) is 2.74. The van der Waals surface area contributed by atoms with Gasteiger partial charge in [0.2, 0.25) is 5.95 Å². The zero-order chi connectivity index (χ0) is 17.6. The summed E-state index contributed by atoms with van der Waals surface area (Å²) in [5.74, 6) is 1.37. The van der Waals surface area contributed by atoms with Gasteiger partial charge < -0.3 is 15.1 Å². The van der Waals surface area contributed by atoms with Crippen LogP contribution in [-0.4, -0.2) is 53.6 Å². The van der Waals surface area contributed by atoms with Crippen LogP contribution in [0.25, 0.3) is 0 Å². The average Bonchev–Trinajstić information content (AvgIpc) is 2.66. The van der Waals surface area contributed by atoms with Crippen LogP contribution in [0.15, 0.2) is 43.1 Å². The number of piperazine rings is 1. The van der Waals surface area contributed by atoms with E-state index in [9.17, 15) is 4.79 Å². The van der Waals surface area contributed by atoms with Crippen LogP contribution in [0.2, 0.25) is 0 Å². The predicted molar refractivity (Wildman–Crippen MR) is 98.0 cm³/mol. The molecule has 1 aliphatic rings. The fourth-order valence-corrected chi connectivity index (χ4v) is 2.74. The van der Waals surface area contributed by atoms with Crippen LogP contribution in [0.3, 0.4) is 0 Å². The van der Waals surface area contributed by atoms with E-state index in [1.54, 1.807) is 18.3 Å². The first-order chi connectivity index (χ1) is 12.2. The standard InChI is InChI=1S/C18H22N6O/c1-3-7-20-17(25)15-13-14(2)21-18(22-15)24-11-9-23(10-12-24)16-6-4-5-8-19-16/h3-6,8,13H,1,7,9-12H2,2H3,(H,20,25). The van der Waals surface area contributed by atoms with E-state index in [-0.39, 0.29) is 5.91 Å². The number of nitrogens with zero attached hydrogens (tertiary/aromatic N) is 5. The second-order valence-electron chi connectivity index (χ2n) is 5.86. The Bertz CT molecular complexity index is 740. The molecular weight excluding hydrogens is 316 g/mol. The number of aromatic nitrogens is 3. The molecule has 0 radical (unpaired) electrons. The van der Waals surface area contributed by atoms with Gasteiger partial charge in [-0.1, -0.05) is 12.1 Å². The number of hydrogen-bond donors (Lipinski definition) is 1. The van der Waals surface area contributed by atoms with Crippen LogP contribution in [0, 0.1) is 6.92 Å².